The van der Waals surface area contributed by atoms with Crippen molar-refractivity contribution in [2.45, 2.75) is 38.3 Å². The predicted octanol–water partition coefficient (Wildman–Crippen LogP) is 4.16. The van der Waals surface area contributed by atoms with Gasteiger partial charge in [-0.3, -0.25) is 19.6 Å². The molecule has 2 N–H and O–H groups in total. The number of amides is 2. The van der Waals surface area contributed by atoms with Crippen molar-refractivity contribution in [2.24, 2.45) is 15.7 Å². The molecule has 2 atom stereocenters. The third kappa shape index (κ3) is 5.52. The molecule has 0 unspecified atom stereocenters. The number of nitrogens with two attached hydrogens (primary N) is 1. The molecule has 0 fully saturated rings. The number of aliphatic imine (C=N–C) groups is 2. The average Bonchev–Trinajstić information content (AvgIpc) is 3.56. The zero-order chi connectivity index (χ0) is 30.8. The molecule has 0 bridgehead atoms. The van der Waals surface area contributed by atoms with E-state index in [9.17, 15) is 9.59 Å². The normalized spacial score (nSPS) is 19.5. The molecule has 2 amide bonds. The summed E-state index contributed by atoms with van der Waals surface area (Å²) >= 11 is 0. The summed E-state index contributed by atoms with van der Waals surface area (Å²) < 4.78 is 23.2. The van der Waals surface area contributed by atoms with E-state index in [-0.39, 0.29) is 30.4 Å². The molecule has 0 saturated carbocycles. The van der Waals surface area contributed by atoms with E-state index in [0.29, 0.717) is 71.6 Å². The number of rotatable bonds is 8. The van der Waals surface area contributed by atoms with Gasteiger partial charge in [-0.25, -0.2) is 0 Å². The van der Waals surface area contributed by atoms with Crippen molar-refractivity contribution in [2.75, 3.05) is 34.0 Å². The maximum atomic E-state index is 13.4. The molecule has 11 heteroatoms. The van der Waals surface area contributed by atoms with Gasteiger partial charge in [0.25, 0.3) is 11.8 Å². The molecule has 0 radical (unpaired) electrons. The van der Waals surface area contributed by atoms with Gasteiger partial charge in [0, 0.05) is 55.4 Å². The molecule has 11 nitrogen and oxygen atoms in total. The van der Waals surface area contributed by atoms with Gasteiger partial charge in [-0.05, 0) is 25.5 Å². The van der Waals surface area contributed by atoms with Crippen LogP contribution in [-0.4, -0.2) is 80.1 Å². The monoisotopic (exact) mass is 595 g/mol. The van der Waals surface area contributed by atoms with E-state index in [2.05, 4.69) is 21.8 Å². The lowest BCUT2D eigenvalue weighted by Gasteiger charge is -2.19. The number of fused-ring (bicyclic) bond motifs is 4. The lowest BCUT2D eigenvalue weighted by atomic mass is 10.1. The van der Waals surface area contributed by atoms with Crippen molar-refractivity contribution >= 4 is 35.6 Å². The van der Waals surface area contributed by atoms with Gasteiger partial charge in [-0.1, -0.05) is 17.4 Å². The van der Waals surface area contributed by atoms with Gasteiger partial charge < -0.3 is 34.5 Å². The number of nitrogens with zero attached hydrogens (tertiary/aromatic N) is 4. The van der Waals surface area contributed by atoms with Gasteiger partial charge in [-0.15, -0.1) is 0 Å². The predicted molar refractivity (Wildman–Crippen MR) is 166 cm³/mol. The Morgan fingerprint density at radius 3 is 1.91 bits per heavy atom. The largest absolute Gasteiger partial charge is 0.493 e. The number of benzene rings is 2. The summed E-state index contributed by atoms with van der Waals surface area (Å²) in [5.74, 6) is 7.41. The molecule has 0 spiro atoms. The Morgan fingerprint density at radius 2 is 1.36 bits per heavy atom. The summed E-state index contributed by atoms with van der Waals surface area (Å²) in [6.07, 6.45) is 9.10. The maximum Gasteiger partial charge on any atom is 0.260 e. The van der Waals surface area contributed by atoms with E-state index in [1.165, 1.54) is 14.2 Å². The van der Waals surface area contributed by atoms with Crippen molar-refractivity contribution in [1.82, 2.24) is 9.80 Å². The highest BCUT2D eigenvalue weighted by atomic mass is 16.5. The van der Waals surface area contributed by atoms with Crippen molar-refractivity contribution < 1.29 is 28.5 Å². The summed E-state index contributed by atoms with van der Waals surface area (Å²) in [7, 11) is 3.07. The fourth-order valence-corrected chi connectivity index (χ4v) is 5.60. The molecule has 44 heavy (non-hydrogen) atoms. The topological polar surface area (TPSA) is 128 Å². The van der Waals surface area contributed by atoms with Gasteiger partial charge in [-0.2, -0.15) is 0 Å². The lowest BCUT2D eigenvalue weighted by molar-refractivity contribution is 0.0809. The third-order valence-corrected chi connectivity index (χ3v) is 7.75. The summed E-state index contributed by atoms with van der Waals surface area (Å²) in [6.45, 7) is 2.91. The first-order valence-electron chi connectivity index (χ1n) is 14.4. The quantitative estimate of drug-likeness (QED) is 0.359. The third-order valence-electron chi connectivity index (χ3n) is 7.75. The van der Waals surface area contributed by atoms with Crippen molar-refractivity contribution in [3.8, 4) is 34.8 Å². The highest BCUT2D eigenvalue weighted by Crippen LogP contribution is 2.40. The summed E-state index contributed by atoms with van der Waals surface area (Å²) in [4.78, 5) is 39.1. The van der Waals surface area contributed by atoms with Gasteiger partial charge >= 0.3 is 0 Å². The number of methoxy groups -OCH3 is 2. The Bertz CT molecular complexity index is 1700. The van der Waals surface area contributed by atoms with Crippen molar-refractivity contribution in [3.05, 3.63) is 58.9 Å². The van der Waals surface area contributed by atoms with Crippen LogP contribution in [0.2, 0.25) is 0 Å². The summed E-state index contributed by atoms with van der Waals surface area (Å²) in [5, 5.41) is 0. The highest BCUT2D eigenvalue weighted by Gasteiger charge is 2.33. The highest BCUT2D eigenvalue weighted by molar-refractivity contribution is 6.05. The Hall–Kier alpha value is -5.08. The minimum absolute atomic E-state index is 0.0839. The molecular weight excluding hydrogens is 562 g/mol. The summed E-state index contributed by atoms with van der Waals surface area (Å²) in [6, 6.07) is 6.50. The van der Waals surface area contributed by atoms with Crippen LogP contribution < -0.4 is 24.7 Å². The Kier molecular flexibility index (Phi) is 8.09. The zero-order valence-electron chi connectivity index (χ0n) is 24.8. The molecule has 6 rings (SSSR count). The minimum Gasteiger partial charge on any atom is -0.493 e. The van der Waals surface area contributed by atoms with Crippen LogP contribution in [0.15, 0.2) is 57.8 Å². The van der Waals surface area contributed by atoms with Crippen molar-refractivity contribution in [1.29, 1.82) is 0 Å². The van der Waals surface area contributed by atoms with Crippen LogP contribution in [0.4, 0.5) is 11.4 Å². The Morgan fingerprint density at radius 1 is 0.818 bits per heavy atom. The molecule has 4 aliphatic rings. The maximum absolute atomic E-state index is 13.4. The van der Waals surface area contributed by atoms with Crippen LogP contribution in [-0.2, 0) is 0 Å². The minimum atomic E-state index is -0.212. The van der Waals surface area contributed by atoms with Gasteiger partial charge in [0.15, 0.2) is 23.0 Å². The smallest absolute Gasteiger partial charge is 0.260 e. The molecule has 0 aliphatic carbocycles. The first-order valence-corrected chi connectivity index (χ1v) is 14.4. The first kappa shape index (κ1) is 29.0. The molecule has 226 valence electrons. The van der Waals surface area contributed by atoms with E-state index in [0.717, 1.165) is 17.6 Å². The second kappa shape index (κ2) is 12.3. The molecule has 4 heterocycles. The number of carbonyl (C=O) groups is 2. The van der Waals surface area contributed by atoms with E-state index in [4.69, 9.17) is 24.7 Å². The lowest BCUT2D eigenvalue weighted by Crippen LogP contribution is -2.32. The van der Waals surface area contributed by atoms with Crippen LogP contribution in [0.25, 0.3) is 0 Å². The molecule has 4 aliphatic heterocycles. The molecular formula is C33H33N5O6. The van der Waals surface area contributed by atoms with Crippen LogP contribution >= 0.6 is 0 Å². The van der Waals surface area contributed by atoms with E-state index in [1.807, 2.05) is 19.3 Å². The SMILES string of the molecule is COc1cc2c(cc1OCCCOc1cc3c(cc1OC)C(=O)N1C=C(C#CCN)C[C@H]1C=N3)N=C[C@@H]1CC(C)=CN1C2=O. The fraction of sp³-hybridized carbons (Fsp3) is 0.333. The van der Waals surface area contributed by atoms with E-state index in [1.54, 1.807) is 46.5 Å². The Balaban J connectivity index is 1.10. The molecule has 2 aromatic rings. The van der Waals surface area contributed by atoms with Crippen LogP contribution in [0, 0.1) is 11.8 Å². The fourth-order valence-electron chi connectivity index (χ4n) is 5.60. The van der Waals surface area contributed by atoms with E-state index < -0.39 is 0 Å². The van der Waals surface area contributed by atoms with Crippen LogP contribution in [0.1, 0.15) is 46.9 Å². The van der Waals surface area contributed by atoms with Crippen LogP contribution in [0.5, 0.6) is 23.0 Å². The van der Waals surface area contributed by atoms with E-state index >= 15 is 0 Å². The second-order valence-corrected chi connectivity index (χ2v) is 10.8. The van der Waals surface area contributed by atoms with Gasteiger partial charge in [0.05, 0.1) is 68.6 Å². The number of carbonyl (C=O) groups excluding carboxylic acids is 2. The molecule has 0 saturated heterocycles. The number of hydrogen-bond donors (Lipinski definition) is 1. The second-order valence-electron chi connectivity index (χ2n) is 10.8. The average molecular weight is 596 g/mol. The number of ether oxygens (including phenoxy) is 4. The summed E-state index contributed by atoms with van der Waals surface area (Å²) in [5.41, 5.74) is 9.41. The first-order chi connectivity index (χ1) is 21.4. The molecule has 2 aromatic carbocycles. The zero-order valence-corrected chi connectivity index (χ0v) is 24.8. The van der Waals surface area contributed by atoms with Gasteiger partial charge in [0.1, 0.15) is 0 Å². The molecule has 0 aromatic heterocycles. The van der Waals surface area contributed by atoms with Gasteiger partial charge in [0.2, 0.25) is 0 Å². The van der Waals surface area contributed by atoms with Crippen LogP contribution in [0.3, 0.4) is 0 Å². The standard InChI is InChI=1S/C33H33N5O6/c1-20-10-22-16-35-26-14-30(28(41-2)12-24(26)32(39)37(22)18-20)43-8-5-9-44-31-15-27-25(13-29(31)42-3)33(40)38-19-21(6-4-7-34)11-23(38)17-36-27/h12-19,22-23H,5,7-11,34H2,1-3H3/t22-,23-/m0/s1. The van der Waals surface area contributed by atoms with Crippen molar-refractivity contribution in [3.63, 3.8) is 0 Å². The Labute approximate surface area is 255 Å². The number of hydrogen-bond acceptors (Lipinski definition) is 9.